The summed E-state index contributed by atoms with van der Waals surface area (Å²) in [4.78, 5) is 19.5. The Labute approximate surface area is 156 Å². The molecule has 26 heavy (non-hydrogen) atoms. The Hall–Kier alpha value is -2.44. The van der Waals surface area contributed by atoms with E-state index in [-0.39, 0.29) is 5.91 Å². The van der Waals surface area contributed by atoms with E-state index in [1.54, 1.807) is 11.3 Å². The van der Waals surface area contributed by atoms with Gasteiger partial charge in [0.25, 0.3) is 0 Å². The topological polar surface area (TPSA) is 54.5 Å². The van der Waals surface area contributed by atoms with E-state index in [1.807, 2.05) is 54.3 Å². The van der Waals surface area contributed by atoms with Crippen LogP contribution in [-0.2, 0) is 9.53 Å². The first-order valence-corrected chi connectivity index (χ1v) is 9.57. The van der Waals surface area contributed by atoms with Gasteiger partial charge in [-0.25, -0.2) is 4.98 Å². The molecule has 4 rings (SSSR count). The van der Waals surface area contributed by atoms with Gasteiger partial charge in [-0.2, -0.15) is 0 Å². The molecule has 0 radical (unpaired) electrons. The molecular weight excluding hydrogens is 346 g/mol. The zero-order valence-corrected chi connectivity index (χ0v) is 15.5. The molecule has 1 amide bonds. The maximum absolute atomic E-state index is 13.2. The van der Waals surface area contributed by atoms with Gasteiger partial charge in [0.05, 0.1) is 28.4 Å². The molecule has 1 saturated heterocycles. The number of aromatic nitrogens is 1. The second kappa shape index (κ2) is 7.43. The molecule has 6 heteroatoms. The third-order valence-electron chi connectivity index (χ3n) is 4.51. The molecule has 0 unspecified atom stereocenters. The first kappa shape index (κ1) is 17.0. The molecule has 0 aliphatic carbocycles. The standard InChI is InChI=1S/C20H21N3O2S/c1-14-21-17-8-7-16(13-18(17)26-14)22-19(15-5-3-2-4-6-15)20(24)23-9-11-25-12-10-23/h2-8,13,19,22H,9-12H2,1H3/t19-/m0/s1. The van der Waals surface area contributed by atoms with Gasteiger partial charge in [0.2, 0.25) is 5.91 Å². The van der Waals surface area contributed by atoms with Gasteiger partial charge >= 0.3 is 0 Å². The number of benzene rings is 2. The van der Waals surface area contributed by atoms with E-state index in [0.29, 0.717) is 26.3 Å². The molecule has 134 valence electrons. The molecule has 3 aromatic rings. The van der Waals surface area contributed by atoms with E-state index in [0.717, 1.165) is 26.5 Å². The number of anilines is 1. The minimum absolute atomic E-state index is 0.0834. The van der Waals surface area contributed by atoms with Crippen molar-refractivity contribution in [3.63, 3.8) is 0 Å². The quantitative estimate of drug-likeness (QED) is 0.765. The van der Waals surface area contributed by atoms with Crippen LogP contribution in [0.4, 0.5) is 5.69 Å². The first-order chi connectivity index (χ1) is 12.7. The van der Waals surface area contributed by atoms with E-state index in [2.05, 4.69) is 16.4 Å². The van der Waals surface area contributed by atoms with E-state index in [4.69, 9.17) is 4.74 Å². The summed E-state index contributed by atoms with van der Waals surface area (Å²) in [7, 11) is 0. The summed E-state index contributed by atoms with van der Waals surface area (Å²) < 4.78 is 6.51. The normalized spacial score (nSPS) is 15.8. The minimum atomic E-state index is -0.416. The number of ether oxygens (including phenoxy) is 1. The first-order valence-electron chi connectivity index (χ1n) is 8.76. The van der Waals surface area contributed by atoms with Crippen LogP contribution in [0.2, 0.25) is 0 Å². The van der Waals surface area contributed by atoms with Gasteiger partial charge in [-0.15, -0.1) is 11.3 Å². The van der Waals surface area contributed by atoms with Crippen LogP contribution < -0.4 is 5.32 Å². The number of hydrogen-bond donors (Lipinski definition) is 1. The van der Waals surface area contributed by atoms with E-state index >= 15 is 0 Å². The van der Waals surface area contributed by atoms with Crippen molar-refractivity contribution < 1.29 is 9.53 Å². The highest BCUT2D eigenvalue weighted by Gasteiger charge is 2.27. The third kappa shape index (κ3) is 3.57. The second-order valence-electron chi connectivity index (χ2n) is 6.34. The number of hydrogen-bond acceptors (Lipinski definition) is 5. The molecule has 0 saturated carbocycles. The zero-order chi connectivity index (χ0) is 17.9. The van der Waals surface area contributed by atoms with E-state index in [9.17, 15) is 4.79 Å². The zero-order valence-electron chi connectivity index (χ0n) is 14.6. The minimum Gasteiger partial charge on any atom is -0.378 e. The van der Waals surface area contributed by atoms with Gasteiger partial charge in [-0.1, -0.05) is 30.3 Å². The lowest BCUT2D eigenvalue weighted by molar-refractivity contribution is -0.136. The summed E-state index contributed by atoms with van der Waals surface area (Å²) in [6, 6.07) is 15.5. The van der Waals surface area contributed by atoms with Crippen LogP contribution in [-0.4, -0.2) is 42.1 Å². The summed E-state index contributed by atoms with van der Waals surface area (Å²) in [5.41, 5.74) is 2.88. The lowest BCUT2D eigenvalue weighted by Gasteiger charge is -2.31. The number of nitrogens with one attached hydrogen (secondary N) is 1. The van der Waals surface area contributed by atoms with E-state index < -0.39 is 6.04 Å². The van der Waals surface area contributed by atoms with Crippen molar-refractivity contribution in [1.29, 1.82) is 0 Å². The second-order valence-corrected chi connectivity index (χ2v) is 7.58. The third-order valence-corrected chi connectivity index (χ3v) is 5.44. The largest absolute Gasteiger partial charge is 0.378 e. The Balaban J connectivity index is 1.64. The fourth-order valence-electron chi connectivity index (χ4n) is 3.20. The number of carbonyl (C=O) groups excluding carboxylic acids is 1. The predicted octanol–water partition coefficient (Wildman–Crippen LogP) is 3.62. The summed E-state index contributed by atoms with van der Waals surface area (Å²) in [5.74, 6) is 0.0834. The van der Waals surface area contributed by atoms with Gasteiger partial charge < -0.3 is 15.0 Å². The summed E-state index contributed by atoms with van der Waals surface area (Å²) in [6.07, 6.45) is 0. The number of fused-ring (bicyclic) bond motifs is 1. The average molecular weight is 367 g/mol. The van der Waals surface area contributed by atoms with Gasteiger partial charge in [0, 0.05) is 18.8 Å². The smallest absolute Gasteiger partial charge is 0.249 e. The number of morpholine rings is 1. The molecule has 5 nitrogen and oxygen atoms in total. The summed E-state index contributed by atoms with van der Waals surface area (Å²) in [5, 5.41) is 4.48. The number of nitrogens with zero attached hydrogens (tertiary/aromatic N) is 2. The molecule has 0 spiro atoms. The van der Waals surface area contributed by atoms with Crippen LogP contribution in [0.25, 0.3) is 10.2 Å². The Morgan fingerprint density at radius 1 is 1.19 bits per heavy atom. The van der Waals surface area contributed by atoms with Crippen LogP contribution in [0.1, 0.15) is 16.6 Å². The van der Waals surface area contributed by atoms with Crippen LogP contribution in [0.5, 0.6) is 0 Å². The van der Waals surface area contributed by atoms with Crippen molar-refractivity contribution in [2.75, 3.05) is 31.6 Å². The van der Waals surface area contributed by atoms with Crippen LogP contribution in [0.3, 0.4) is 0 Å². The molecule has 1 aromatic heterocycles. The van der Waals surface area contributed by atoms with Crippen LogP contribution >= 0.6 is 11.3 Å². The number of thiazole rings is 1. The maximum atomic E-state index is 13.2. The van der Waals surface area contributed by atoms with Crippen LogP contribution in [0.15, 0.2) is 48.5 Å². The number of aryl methyl sites for hydroxylation is 1. The Bertz CT molecular complexity index is 904. The molecule has 2 aromatic carbocycles. The van der Waals surface area contributed by atoms with Crippen molar-refractivity contribution >= 4 is 33.1 Å². The van der Waals surface area contributed by atoms with Gasteiger partial charge in [0.15, 0.2) is 0 Å². The van der Waals surface area contributed by atoms with E-state index in [1.165, 1.54) is 0 Å². The maximum Gasteiger partial charge on any atom is 0.249 e. The SMILES string of the molecule is Cc1nc2ccc(N[C@H](C(=O)N3CCOCC3)c3ccccc3)cc2s1. The molecular formula is C20H21N3O2S. The monoisotopic (exact) mass is 367 g/mol. The molecule has 1 fully saturated rings. The number of rotatable bonds is 4. The predicted molar refractivity (Wildman–Crippen MR) is 105 cm³/mol. The highest BCUT2D eigenvalue weighted by Crippen LogP contribution is 2.28. The highest BCUT2D eigenvalue weighted by atomic mass is 32.1. The van der Waals surface area contributed by atoms with Gasteiger partial charge in [-0.05, 0) is 30.7 Å². The summed E-state index contributed by atoms with van der Waals surface area (Å²) >= 11 is 1.66. The Kier molecular flexibility index (Phi) is 4.86. The van der Waals surface area contributed by atoms with Crippen molar-refractivity contribution in [3.05, 3.63) is 59.1 Å². The van der Waals surface area contributed by atoms with Crippen molar-refractivity contribution in [2.45, 2.75) is 13.0 Å². The summed E-state index contributed by atoms with van der Waals surface area (Å²) in [6.45, 7) is 4.47. The fraction of sp³-hybridized carbons (Fsp3) is 0.300. The lowest BCUT2D eigenvalue weighted by Crippen LogP contribution is -2.44. The average Bonchev–Trinajstić information content (AvgIpc) is 3.06. The molecule has 1 N–H and O–H groups in total. The molecule has 1 atom stereocenters. The highest BCUT2D eigenvalue weighted by molar-refractivity contribution is 7.18. The molecule has 1 aliphatic rings. The van der Waals surface area contributed by atoms with Gasteiger partial charge in [-0.3, -0.25) is 4.79 Å². The molecule has 2 heterocycles. The number of carbonyl (C=O) groups is 1. The van der Waals surface area contributed by atoms with Crippen molar-refractivity contribution in [2.24, 2.45) is 0 Å². The number of amides is 1. The Morgan fingerprint density at radius 3 is 2.73 bits per heavy atom. The van der Waals surface area contributed by atoms with Crippen LogP contribution in [0, 0.1) is 6.92 Å². The Morgan fingerprint density at radius 2 is 1.96 bits per heavy atom. The molecule has 0 bridgehead atoms. The van der Waals surface area contributed by atoms with Gasteiger partial charge in [0.1, 0.15) is 6.04 Å². The molecule has 1 aliphatic heterocycles. The van der Waals surface area contributed by atoms with Crippen molar-refractivity contribution in [1.82, 2.24) is 9.88 Å². The fourth-order valence-corrected chi connectivity index (χ4v) is 4.06. The lowest BCUT2D eigenvalue weighted by atomic mass is 10.0. The van der Waals surface area contributed by atoms with Crippen molar-refractivity contribution in [3.8, 4) is 0 Å².